The maximum absolute atomic E-state index is 12.9. The number of nitrogens with one attached hydrogen (secondary N) is 2. The Labute approximate surface area is 186 Å². The molecule has 3 aromatic rings. The highest BCUT2D eigenvalue weighted by Crippen LogP contribution is 2.38. The van der Waals surface area contributed by atoms with Gasteiger partial charge in [0.05, 0.1) is 17.9 Å². The van der Waals surface area contributed by atoms with Gasteiger partial charge in [0.15, 0.2) is 0 Å². The average molecular weight is 458 g/mol. The van der Waals surface area contributed by atoms with Gasteiger partial charge >= 0.3 is 10.7 Å². The van der Waals surface area contributed by atoms with Gasteiger partial charge in [0.25, 0.3) is 0 Å². The Kier molecular flexibility index (Phi) is 6.15. The van der Waals surface area contributed by atoms with E-state index in [4.69, 9.17) is 9.26 Å². The van der Waals surface area contributed by atoms with E-state index < -0.39 is 10.9 Å². The van der Waals surface area contributed by atoms with Gasteiger partial charge in [-0.15, -0.1) is 11.3 Å². The second kappa shape index (κ2) is 8.99. The van der Waals surface area contributed by atoms with Crippen molar-refractivity contribution in [3.05, 3.63) is 50.7 Å². The molecule has 0 radical (unpaired) electrons. The number of carbonyl (C=O) groups is 1. The van der Waals surface area contributed by atoms with Gasteiger partial charge in [-0.25, -0.2) is 4.79 Å². The van der Waals surface area contributed by atoms with Crippen LogP contribution < -0.4 is 20.4 Å². The van der Waals surface area contributed by atoms with E-state index in [1.54, 1.807) is 38.3 Å². The molecule has 0 aliphatic heterocycles. The van der Waals surface area contributed by atoms with Crippen molar-refractivity contribution in [2.75, 3.05) is 12.4 Å². The molecule has 160 valence electrons. The third kappa shape index (κ3) is 4.24. The normalized spacial score (nSPS) is 13.8. The molecule has 1 aromatic carbocycles. The number of aromatic amines is 1. The van der Waals surface area contributed by atoms with Crippen molar-refractivity contribution in [2.45, 2.75) is 42.9 Å². The lowest BCUT2D eigenvalue weighted by Crippen LogP contribution is -2.37. The number of thioether (sulfide) groups is 1. The lowest BCUT2D eigenvalue weighted by atomic mass is 9.96. The monoisotopic (exact) mass is 457 g/mol. The number of nitrogens with zero attached hydrogens (tertiary/aromatic N) is 2. The summed E-state index contributed by atoms with van der Waals surface area (Å²) in [5.74, 6) is 0.408. The molecule has 1 aliphatic carbocycles. The first-order chi connectivity index (χ1) is 15.0. The number of H-pyrrole nitrogens is 1. The standard InChI is InChI=1S/C21H20N4O4S2/c1-12(18(26)23-19-16(11-22)15-5-3-4-6-17(15)31-19)30-20-21(27)29-24-25(20)13-7-9-14(28-2)10-8-13/h7-10,12H,3-6H2,1-2H3,(H-,23,24,26,27)/p+1. The van der Waals surface area contributed by atoms with E-state index in [0.29, 0.717) is 22.0 Å². The summed E-state index contributed by atoms with van der Waals surface area (Å²) in [4.78, 5) is 26.3. The summed E-state index contributed by atoms with van der Waals surface area (Å²) in [7, 11) is 1.57. The van der Waals surface area contributed by atoms with Crippen LogP contribution in [0.5, 0.6) is 5.75 Å². The number of hydrogen-bond acceptors (Lipinski definition) is 7. The number of anilines is 1. The maximum atomic E-state index is 12.9. The fourth-order valence-corrected chi connectivity index (χ4v) is 5.60. The number of aromatic nitrogens is 2. The van der Waals surface area contributed by atoms with Gasteiger partial charge in [-0.2, -0.15) is 5.26 Å². The third-order valence-electron chi connectivity index (χ3n) is 5.12. The Bertz CT molecular complexity index is 1200. The summed E-state index contributed by atoms with van der Waals surface area (Å²) in [6, 6.07) is 9.32. The summed E-state index contributed by atoms with van der Waals surface area (Å²) in [6.07, 6.45) is 3.99. The molecule has 0 spiro atoms. The number of rotatable bonds is 6. The SMILES string of the molecule is COc1ccc(-[n+]2[nH]oc(=O)c2SC(C)C(=O)Nc2sc3c(c2C#N)CCCC3)cc1. The molecular formula is C21H21N4O4S2+. The van der Waals surface area contributed by atoms with E-state index in [9.17, 15) is 14.9 Å². The fraction of sp³-hybridized carbons (Fsp3) is 0.333. The van der Waals surface area contributed by atoms with Crippen molar-refractivity contribution in [2.24, 2.45) is 0 Å². The minimum atomic E-state index is -0.589. The van der Waals surface area contributed by atoms with Crippen molar-refractivity contribution < 1.29 is 18.7 Å². The van der Waals surface area contributed by atoms with E-state index in [2.05, 4.69) is 16.7 Å². The average Bonchev–Trinajstić information content (AvgIpc) is 3.33. The van der Waals surface area contributed by atoms with Gasteiger partial charge in [-0.1, -0.05) is 0 Å². The Morgan fingerprint density at radius 3 is 2.81 bits per heavy atom. The first kappa shape index (κ1) is 21.2. The highest BCUT2D eigenvalue weighted by atomic mass is 32.2. The number of benzene rings is 1. The molecule has 0 fully saturated rings. The van der Waals surface area contributed by atoms with Crippen LogP contribution in [-0.2, 0) is 17.6 Å². The Balaban J connectivity index is 1.53. The molecule has 2 heterocycles. The molecule has 1 unspecified atom stereocenters. The summed E-state index contributed by atoms with van der Waals surface area (Å²) < 4.78 is 11.6. The van der Waals surface area contributed by atoms with Crippen LogP contribution >= 0.6 is 23.1 Å². The number of carbonyl (C=O) groups excluding carboxylic acids is 1. The zero-order valence-corrected chi connectivity index (χ0v) is 18.7. The highest BCUT2D eigenvalue weighted by molar-refractivity contribution is 8.00. The van der Waals surface area contributed by atoms with Gasteiger partial charge in [-0.3, -0.25) is 9.32 Å². The van der Waals surface area contributed by atoms with Crippen LogP contribution in [0.15, 0.2) is 38.6 Å². The molecule has 2 aromatic heterocycles. The molecule has 1 aliphatic rings. The number of thiophene rings is 1. The summed E-state index contributed by atoms with van der Waals surface area (Å²) in [6.45, 7) is 1.71. The van der Waals surface area contributed by atoms with Crippen LogP contribution in [0.25, 0.3) is 5.69 Å². The third-order valence-corrected chi connectivity index (χ3v) is 7.46. The fourth-order valence-electron chi connectivity index (χ4n) is 3.47. The van der Waals surface area contributed by atoms with Gasteiger partial charge in [-0.05, 0) is 72.0 Å². The van der Waals surface area contributed by atoms with E-state index in [-0.39, 0.29) is 10.9 Å². The predicted molar refractivity (Wildman–Crippen MR) is 117 cm³/mol. The largest absolute Gasteiger partial charge is 0.497 e. The van der Waals surface area contributed by atoms with Gasteiger partial charge in [0, 0.05) is 17.0 Å². The summed E-state index contributed by atoms with van der Waals surface area (Å²) in [5.41, 5.74) is 1.74. The Morgan fingerprint density at radius 1 is 1.35 bits per heavy atom. The molecule has 0 saturated carbocycles. The quantitative estimate of drug-likeness (QED) is 0.434. The number of ether oxygens (including phenoxy) is 1. The molecule has 8 nitrogen and oxygen atoms in total. The molecule has 1 atom stereocenters. The molecule has 10 heteroatoms. The molecule has 31 heavy (non-hydrogen) atoms. The van der Waals surface area contributed by atoms with Gasteiger partial charge < -0.3 is 10.1 Å². The van der Waals surface area contributed by atoms with Crippen molar-refractivity contribution >= 4 is 34.0 Å². The van der Waals surface area contributed by atoms with Crippen LogP contribution in [-0.4, -0.2) is 23.5 Å². The lowest BCUT2D eigenvalue weighted by molar-refractivity contribution is -0.704. The zero-order chi connectivity index (χ0) is 22.0. The van der Waals surface area contributed by atoms with Gasteiger partial charge in [0.2, 0.25) is 11.6 Å². The van der Waals surface area contributed by atoms with Crippen LogP contribution in [0.2, 0.25) is 0 Å². The topological polar surface area (TPSA) is 112 Å². The second-order valence-electron chi connectivity index (χ2n) is 7.10. The Hall–Kier alpha value is -3.03. The number of hydrogen-bond donors (Lipinski definition) is 2. The maximum Gasteiger partial charge on any atom is 0.442 e. The molecule has 1 amide bonds. The zero-order valence-electron chi connectivity index (χ0n) is 17.1. The first-order valence-electron chi connectivity index (χ1n) is 9.82. The smallest absolute Gasteiger partial charge is 0.442 e. The van der Waals surface area contributed by atoms with E-state index >= 15 is 0 Å². The van der Waals surface area contributed by atoms with Crippen molar-refractivity contribution in [3.63, 3.8) is 0 Å². The number of fused-ring (bicyclic) bond motifs is 1. The molecule has 0 bridgehead atoms. The Morgan fingerprint density at radius 2 is 2.10 bits per heavy atom. The lowest BCUT2D eigenvalue weighted by Gasteiger charge is -2.10. The molecular weight excluding hydrogens is 436 g/mol. The molecule has 4 rings (SSSR count). The van der Waals surface area contributed by atoms with Crippen molar-refractivity contribution in [1.82, 2.24) is 5.27 Å². The van der Waals surface area contributed by atoms with Crippen molar-refractivity contribution in [1.29, 1.82) is 5.26 Å². The minimum absolute atomic E-state index is 0.249. The first-order valence-corrected chi connectivity index (χ1v) is 11.5. The minimum Gasteiger partial charge on any atom is -0.497 e. The summed E-state index contributed by atoms with van der Waals surface area (Å²) >= 11 is 2.57. The van der Waals surface area contributed by atoms with Crippen molar-refractivity contribution in [3.8, 4) is 17.5 Å². The molecule has 0 saturated heterocycles. The van der Waals surface area contributed by atoms with Crippen LogP contribution in [0, 0.1) is 11.3 Å². The highest BCUT2D eigenvalue weighted by Gasteiger charge is 2.30. The van der Waals surface area contributed by atoms with Gasteiger partial charge in [0.1, 0.15) is 16.8 Å². The van der Waals surface area contributed by atoms with Crippen LogP contribution in [0.3, 0.4) is 0 Å². The predicted octanol–water partition coefficient (Wildman–Crippen LogP) is 3.18. The molecule has 2 N–H and O–H groups in total. The van der Waals surface area contributed by atoms with E-state index in [1.165, 1.54) is 20.9 Å². The second-order valence-corrected chi connectivity index (χ2v) is 9.53. The van der Waals surface area contributed by atoms with E-state index in [0.717, 1.165) is 43.0 Å². The number of amides is 1. The number of nitriles is 1. The number of methoxy groups -OCH3 is 1. The van der Waals surface area contributed by atoms with Crippen LogP contribution in [0.1, 0.15) is 35.8 Å². The van der Waals surface area contributed by atoms with Crippen LogP contribution in [0.4, 0.5) is 5.00 Å². The summed E-state index contributed by atoms with van der Waals surface area (Å²) in [5, 5.41) is 15.3. The van der Waals surface area contributed by atoms with E-state index in [1.807, 2.05) is 0 Å². The number of aryl methyl sites for hydroxylation is 1.